The van der Waals surface area contributed by atoms with Gasteiger partial charge in [-0.1, -0.05) is 11.6 Å². The van der Waals surface area contributed by atoms with Gasteiger partial charge in [0.05, 0.1) is 52.8 Å². The SMILES string of the molecule is CCOC(=O)c1cn(-c2cc(N)c(F)cc2CO)c2c(Cl)c(N3CC(NCCO)C3)c(F)c(C)c2c1=O. The van der Waals surface area contributed by atoms with Gasteiger partial charge in [-0.3, -0.25) is 4.79 Å². The van der Waals surface area contributed by atoms with E-state index in [2.05, 4.69) is 5.32 Å². The highest BCUT2D eigenvalue weighted by molar-refractivity contribution is 6.38. The first-order valence-electron chi connectivity index (χ1n) is 11.7. The number of carbonyl (C=O) groups excluding carboxylic acids is 1. The summed E-state index contributed by atoms with van der Waals surface area (Å²) in [7, 11) is 0. The number of aryl methyl sites for hydroxylation is 1. The normalized spacial score (nSPS) is 13.8. The minimum Gasteiger partial charge on any atom is -0.462 e. The smallest absolute Gasteiger partial charge is 0.343 e. The number of esters is 1. The molecule has 37 heavy (non-hydrogen) atoms. The molecule has 1 aliphatic heterocycles. The predicted molar refractivity (Wildman–Crippen MR) is 137 cm³/mol. The molecule has 4 rings (SSSR count). The number of hydrogen-bond donors (Lipinski definition) is 4. The van der Waals surface area contributed by atoms with Crippen LogP contribution in [0.3, 0.4) is 0 Å². The van der Waals surface area contributed by atoms with Crippen LogP contribution in [0.4, 0.5) is 20.2 Å². The molecular weight excluding hydrogens is 510 g/mol. The Balaban J connectivity index is 2.05. The molecule has 9 nitrogen and oxygen atoms in total. The minimum absolute atomic E-state index is 0.00453. The number of hydrogen-bond acceptors (Lipinski definition) is 8. The summed E-state index contributed by atoms with van der Waals surface area (Å²) >= 11 is 6.78. The van der Waals surface area contributed by atoms with Crippen molar-refractivity contribution in [1.82, 2.24) is 9.88 Å². The first kappa shape index (κ1) is 26.8. The standard InChI is InChI=1S/C25H27ClF2N4O5/c1-3-37-25(36)15-10-32(18-7-17(29)16(27)6-13(18)11-34)22-19(24(15)35)12(2)21(28)23(20(22)26)31-8-14(9-31)30-4-5-33/h6-7,10,14,30,33-34H,3-5,8-9,11,29H2,1-2H3. The van der Waals surface area contributed by atoms with Crippen LogP contribution in [0, 0.1) is 18.6 Å². The fraction of sp³-hybridized carbons (Fsp3) is 0.360. The highest BCUT2D eigenvalue weighted by atomic mass is 35.5. The van der Waals surface area contributed by atoms with Gasteiger partial charge < -0.3 is 35.5 Å². The van der Waals surface area contributed by atoms with Crippen molar-refractivity contribution in [2.45, 2.75) is 26.5 Å². The number of anilines is 2. The largest absolute Gasteiger partial charge is 0.462 e. The van der Waals surface area contributed by atoms with Crippen LogP contribution in [-0.4, -0.2) is 59.6 Å². The molecule has 12 heteroatoms. The molecule has 0 spiro atoms. The highest BCUT2D eigenvalue weighted by Gasteiger charge is 2.33. The maximum Gasteiger partial charge on any atom is 0.343 e. The van der Waals surface area contributed by atoms with Gasteiger partial charge in [-0.2, -0.15) is 0 Å². The lowest BCUT2D eigenvalue weighted by Crippen LogP contribution is -2.59. The van der Waals surface area contributed by atoms with E-state index in [4.69, 9.17) is 27.2 Å². The van der Waals surface area contributed by atoms with Crippen LogP contribution in [0.25, 0.3) is 16.6 Å². The molecule has 198 valence electrons. The van der Waals surface area contributed by atoms with Gasteiger partial charge in [-0.25, -0.2) is 13.6 Å². The number of ether oxygens (including phenoxy) is 1. The third-order valence-corrected chi connectivity index (χ3v) is 6.76. The van der Waals surface area contributed by atoms with E-state index in [0.717, 1.165) is 6.07 Å². The van der Waals surface area contributed by atoms with Crippen molar-refractivity contribution in [2.24, 2.45) is 0 Å². The van der Waals surface area contributed by atoms with Crippen molar-refractivity contribution in [3.63, 3.8) is 0 Å². The highest BCUT2D eigenvalue weighted by Crippen LogP contribution is 2.41. The van der Waals surface area contributed by atoms with Gasteiger partial charge in [0.25, 0.3) is 0 Å². The van der Waals surface area contributed by atoms with Crippen molar-refractivity contribution < 1.29 is 28.5 Å². The molecule has 2 aromatic carbocycles. The Bertz CT molecular complexity index is 1440. The van der Waals surface area contributed by atoms with Crippen LogP contribution in [0.5, 0.6) is 0 Å². The summed E-state index contributed by atoms with van der Waals surface area (Å²) in [5.41, 5.74) is 4.75. The number of rotatable bonds is 8. The third-order valence-electron chi connectivity index (χ3n) is 6.40. The minimum atomic E-state index is -0.927. The number of carbonyl (C=O) groups is 1. The number of fused-ring (bicyclic) bond motifs is 1. The maximum atomic E-state index is 15.7. The lowest BCUT2D eigenvalue weighted by molar-refractivity contribution is 0.0524. The van der Waals surface area contributed by atoms with E-state index in [0.29, 0.717) is 19.6 Å². The summed E-state index contributed by atoms with van der Waals surface area (Å²) in [5, 5.41) is 21.8. The number of nitrogens with one attached hydrogen (secondary N) is 1. The predicted octanol–water partition coefficient (Wildman–Crippen LogP) is 2.25. The molecule has 1 fully saturated rings. The number of nitrogen functional groups attached to an aromatic ring is 1. The van der Waals surface area contributed by atoms with Gasteiger partial charge in [0.2, 0.25) is 5.43 Å². The third kappa shape index (κ3) is 4.63. The summed E-state index contributed by atoms with van der Waals surface area (Å²) < 4.78 is 36.3. The Hall–Kier alpha value is -3.25. The number of halogens is 3. The molecule has 0 bridgehead atoms. The Kier molecular flexibility index (Phi) is 7.69. The van der Waals surface area contributed by atoms with Crippen molar-refractivity contribution in [2.75, 3.05) is 43.5 Å². The molecule has 0 unspecified atom stereocenters. The molecule has 3 aromatic rings. The van der Waals surface area contributed by atoms with Crippen molar-refractivity contribution >= 4 is 39.8 Å². The second kappa shape index (κ2) is 10.6. The van der Waals surface area contributed by atoms with Gasteiger partial charge in [-0.15, -0.1) is 0 Å². The molecular formula is C25H27ClF2N4O5. The van der Waals surface area contributed by atoms with Crippen LogP contribution in [-0.2, 0) is 11.3 Å². The van der Waals surface area contributed by atoms with Crippen molar-refractivity contribution in [3.05, 3.63) is 61.9 Å². The van der Waals surface area contributed by atoms with Gasteiger partial charge in [0.15, 0.2) is 5.82 Å². The molecule has 1 aliphatic rings. The molecule has 0 radical (unpaired) electrons. The molecule has 1 saturated heterocycles. The summed E-state index contributed by atoms with van der Waals surface area (Å²) in [5.74, 6) is -2.41. The molecule has 2 heterocycles. The molecule has 0 saturated carbocycles. The van der Waals surface area contributed by atoms with Gasteiger partial charge >= 0.3 is 5.97 Å². The molecule has 0 amide bonds. The molecule has 1 aromatic heterocycles. The monoisotopic (exact) mass is 536 g/mol. The fourth-order valence-electron chi connectivity index (χ4n) is 4.53. The Morgan fingerprint density at radius 2 is 2.00 bits per heavy atom. The lowest BCUT2D eigenvalue weighted by Gasteiger charge is -2.42. The zero-order valence-electron chi connectivity index (χ0n) is 20.3. The van der Waals surface area contributed by atoms with E-state index in [9.17, 15) is 19.1 Å². The van der Waals surface area contributed by atoms with Gasteiger partial charge in [-0.05, 0) is 26.0 Å². The zero-order chi connectivity index (χ0) is 27.0. The Morgan fingerprint density at radius 3 is 2.62 bits per heavy atom. The summed E-state index contributed by atoms with van der Waals surface area (Å²) in [6.45, 7) is 3.54. The second-order valence-corrected chi connectivity index (χ2v) is 9.11. The summed E-state index contributed by atoms with van der Waals surface area (Å²) in [6, 6.07) is 2.29. The number of aliphatic hydroxyl groups is 2. The van der Waals surface area contributed by atoms with Gasteiger partial charge in [0.1, 0.15) is 11.4 Å². The van der Waals surface area contributed by atoms with E-state index < -0.39 is 29.6 Å². The van der Waals surface area contributed by atoms with E-state index >= 15 is 4.39 Å². The fourth-order valence-corrected chi connectivity index (χ4v) is 4.91. The maximum absolute atomic E-state index is 15.7. The Morgan fingerprint density at radius 1 is 1.30 bits per heavy atom. The van der Waals surface area contributed by atoms with E-state index in [1.54, 1.807) is 11.8 Å². The van der Waals surface area contributed by atoms with Crippen molar-refractivity contribution in [3.8, 4) is 5.69 Å². The average Bonchev–Trinajstić information content (AvgIpc) is 2.84. The van der Waals surface area contributed by atoms with E-state index in [1.165, 1.54) is 23.8 Å². The van der Waals surface area contributed by atoms with Crippen molar-refractivity contribution in [1.29, 1.82) is 0 Å². The van der Waals surface area contributed by atoms with Crippen LogP contribution >= 0.6 is 11.6 Å². The molecule has 0 atom stereocenters. The summed E-state index contributed by atoms with van der Waals surface area (Å²) in [6.07, 6.45) is 1.18. The summed E-state index contributed by atoms with van der Waals surface area (Å²) in [4.78, 5) is 27.8. The van der Waals surface area contributed by atoms with Crippen LogP contribution in [0.2, 0.25) is 5.02 Å². The van der Waals surface area contributed by atoms with Gasteiger partial charge in [0, 0.05) is 43.0 Å². The zero-order valence-corrected chi connectivity index (χ0v) is 21.0. The van der Waals surface area contributed by atoms with E-state index in [1.807, 2.05) is 0 Å². The number of pyridine rings is 1. The molecule has 5 N–H and O–H groups in total. The number of aliphatic hydroxyl groups excluding tert-OH is 2. The van der Waals surface area contributed by atoms with Crippen LogP contribution < -0.4 is 21.4 Å². The average molecular weight is 537 g/mol. The first-order valence-corrected chi connectivity index (χ1v) is 12.0. The Labute approximate surface area is 216 Å². The van der Waals surface area contributed by atoms with E-state index in [-0.39, 0.29) is 68.9 Å². The van der Waals surface area contributed by atoms with Crippen LogP contribution in [0.1, 0.15) is 28.4 Å². The number of benzene rings is 2. The second-order valence-electron chi connectivity index (χ2n) is 8.73. The quantitative estimate of drug-likeness (QED) is 0.255. The lowest BCUT2D eigenvalue weighted by atomic mass is 10.00. The number of nitrogens with zero attached hydrogens (tertiary/aromatic N) is 2. The number of nitrogens with two attached hydrogens (primary N) is 1. The molecule has 0 aliphatic carbocycles. The topological polar surface area (TPSA) is 130 Å². The first-order chi connectivity index (χ1) is 17.6. The number of aromatic nitrogens is 1. The van der Waals surface area contributed by atoms with Crippen LogP contribution in [0.15, 0.2) is 23.1 Å².